The molecule has 0 fully saturated rings. The highest BCUT2D eigenvalue weighted by Crippen LogP contribution is 2.44. The molecule has 0 radical (unpaired) electrons. The molecule has 2 aromatic heterocycles. The molecule has 0 unspecified atom stereocenters. The molecule has 1 aliphatic carbocycles. The van der Waals surface area contributed by atoms with Crippen LogP contribution in [-0.2, 0) is 13.0 Å². The Hall–Kier alpha value is -2.71. The molecule has 0 amide bonds. The van der Waals surface area contributed by atoms with E-state index in [0.29, 0.717) is 26.1 Å². The zero-order valence-corrected chi connectivity index (χ0v) is 19.7. The van der Waals surface area contributed by atoms with E-state index in [0.717, 1.165) is 44.7 Å². The van der Waals surface area contributed by atoms with Crippen molar-refractivity contribution in [2.24, 2.45) is 5.41 Å². The first-order valence-electron chi connectivity index (χ1n) is 10.9. The highest BCUT2D eigenvalue weighted by molar-refractivity contribution is 7.17. The molecule has 7 nitrogen and oxygen atoms in total. The highest BCUT2D eigenvalue weighted by Gasteiger charge is 2.35. The fraction of sp³-hybridized carbons (Fsp3) is 0.458. The summed E-state index contributed by atoms with van der Waals surface area (Å²) in [6.45, 7) is 9.45. The van der Waals surface area contributed by atoms with Gasteiger partial charge in [-0.1, -0.05) is 31.3 Å². The van der Waals surface area contributed by atoms with Crippen LogP contribution in [0.4, 0.5) is 10.8 Å². The van der Waals surface area contributed by atoms with Crippen molar-refractivity contribution in [3.05, 3.63) is 41.2 Å². The number of carbonyl (C=O) groups is 1. The molecule has 3 aromatic rings. The predicted octanol–water partition coefficient (Wildman–Crippen LogP) is 4.46. The number of ketones is 1. The number of benzene rings is 1. The van der Waals surface area contributed by atoms with Gasteiger partial charge in [-0.2, -0.15) is 5.10 Å². The maximum Gasteiger partial charge on any atom is 0.190 e. The van der Waals surface area contributed by atoms with Crippen LogP contribution in [0.5, 0.6) is 5.75 Å². The van der Waals surface area contributed by atoms with Crippen molar-refractivity contribution in [1.82, 2.24) is 14.8 Å². The van der Waals surface area contributed by atoms with Gasteiger partial charge in [0.2, 0.25) is 0 Å². The molecule has 3 heterocycles. The Bertz CT molecular complexity index is 1190. The summed E-state index contributed by atoms with van der Waals surface area (Å²) in [5, 5.41) is 15.3. The molecule has 8 heteroatoms. The minimum absolute atomic E-state index is 0.0468. The summed E-state index contributed by atoms with van der Waals surface area (Å²) < 4.78 is 7.66. The number of aromatic nitrogens is 3. The van der Waals surface area contributed by atoms with Crippen LogP contribution in [0, 0.1) is 5.41 Å². The van der Waals surface area contributed by atoms with Crippen molar-refractivity contribution >= 4 is 27.9 Å². The largest absolute Gasteiger partial charge is 0.490 e. The van der Waals surface area contributed by atoms with E-state index < -0.39 is 5.60 Å². The molecule has 0 saturated carbocycles. The number of thiazole rings is 1. The quantitative estimate of drug-likeness (QED) is 0.629. The van der Waals surface area contributed by atoms with Crippen LogP contribution in [0.1, 0.15) is 49.5 Å². The summed E-state index contributed by atoms with van der Waals surface area (Å²) in [4.78, 5) is 20.5. The number of ether oxygens (including phenoxy) is 1. The maximum absolute atomic E-state index is 12.7. The van der Waals surface area contributed by atoms with Gasteiger partial charge >= 0.3 is 0 Å². The Labute approximate surface area is 191 Å². The molecule has 5 rings (SSSR count). The van der Waals surface area contributed by atoms with Gasteiger partial charge in [0.15, 0.2) is 10.9 Å². The molecule has 0 saturated heterocycles. The zero-order chi connectivity index (χ0) is 22.7. The van der Waals surface area contributed by atoms with Crippen molar-refractivity contribution in [2.45, 2.75) is 52.7 Å². The molecule has 168 valence electrons. The minimum atomic E-state index is -0.834. The first-order chi connectivity index (χ1) is 15.1. The van der Waals surface area contributed by atoms with Crippen molar-refractivity contribution in [3.8, 4) is 16.9 Å². The second kappa shape index (κ2) is 7.42. The van der Waals surface area contributed by atoms with Gasteiger partial charge in [0.25, 0.3) is 0 Å². The lowest BCUT2D eigenvalue weighted by Gasteiger charge is -2.29. The lowest BCUT2D eigenvalue weighted by Crippen LogP contribution is -2.28. The number of hydrogen-bond donors (Lipinski definition) is 1. The molecule has 2 aliphatic rings. The monoisotopic (exact) mass is 452 g/mol. The molecule has 1 N–H and O–H groups in total. The predicted molar refractivity (Wildman–Crippen MR) is 125 cm³/mol. The normalized spacial score (nSPS) is 17.7. The van der Waals surface area contributed by atoms with Crippen molar-refractivity contribution < 1.29 is 14.6 Å². The van der Waals surface area contributed by atoms with Gasteiger partial charge in [0.1, 0.15) is 12.4 Å². The van der Waals surface area contributed by atoms with Gasteiger partial charge in [-0.15, -0.1) is 0 Å². The number of anilines is 2. The van der Waals surface area contributed by atoms with Gasteiger partial charge < -0.3 is 14.7 Å². The van der Waals surface area contributed by atoms with E-state index >= 15 is 0 Å². The molecule has 0 spiro atoms. The van der Waals surface area contributed by atoms with Crippen molar-refractivity contribution in [1.29, 1.82) is 0 Å². The molecular formula is C24H28N4O3S. The smallest absolute Gasteiger partial charge is 0.190 e. The standard InChI is InChI=1S/C24H28N4O3S/c1-23(2)10-17-21(19(29)11-23)32-22(26-17)28-7-8-31-20-6-5-15(9-18(20)28)16-12-25-27(13-16)14-24(3,4)30/h5-6,9,12-13,30H,7-8,10-11,14H2,1-4H3. The number of carbonyl (C=O) groups excluding carboxylic acids is 1. The van der Waals surface area contributed by atoms with Gasteiger partial charge in [-0.25, -0.2) is 4.98 Å². The second-order valence-electron chi connectivity index (χ2n) is 10.1. The van der Waals surface area contributed by atoms with E-state index in [1.54, 1.807) is 18.5 Å². The summed E-state index contributed by atoms with van der Waals surface area (Å²) in [5.74, 6) is 1.00. The summed E-state index contributed by atoms with van der Waals surface area (Å²) >= 11 is 1.49. The number of Topliss-reactive ketones (excluding diaryl/α,β-unsaturated/α-hetero) is 1. The fourth-order valence-electron chi connectivity index (χ4n) is 4.41. The number of hydrogen-bond acceptors (Lipinski definition) is 7. The fourth-order valence-corrected chi connectivity index (χ4v) is 5.47. The molecule has 32 heavy (non-hydrogen) atoms. The van der Waals surface area contributed by atoms with Crippen LogP contribution in [0.3, 0.4) is 0 Å². The van der Waals surface area contributed by atoms with E-state index in [1.807, 2.05) is 24.5 Å². The first kappa shape index (κ1) is 21.2. The topological polar surface area (TPSA) is 80.5 Å². The van der Waals surface area contributed by atoms with Crippen LogP contribution in [0.25, 0.3) is 11.1 Å². The van der Waals surface area contributed by atoms with Gasteiger partial charge in [0, 0.05) is 18.2 Å². The lowest BCUT2D eigenvalue weighted by atomic mass is 9.78. The maximum atomic E-state index is 12.7. The van der Waals surface area contributed by atoms with Crippen LogP contribution < -0.4 is 9.64 Å². The van der Waals surface area contributed by atoms with E-state index in [1.165, 1.54) is 11.3 Å². The average Bonchev–Trinajstić information content (AvgIpc) is 3.32. The summed E-state index contributed by atoms with van der Waals surface area (Å²) in [6, 6.07) is 6.09. The van der Waals surface area contributed by atoms with E-state index in [-0.39, 0.29) is 11.2 Å². The SMILES string of the molecule is CC(C)(O)Cn1cc(-c2ccc3c(c2)N(c2nc4c(s2)C(=O)CC(C)(C)C4)CCO3)cn1. The van der Waals surface area contributed by atoms with Crippen LogP contribution >= 0.6 is 11.3 Å². The Kier molecular flexibility index (Phi) is 4.90. The van der Waals surface area contributed by atoms with Gasteiger partial charge in [0.05, 0.1) is 41.1 Å². The second-order valence-corrected chi connectivity index (χ2v) is 11.1. The van der Waals surface area contributed by atoms with Crippen LogP contribution in [0.15, 0.2) is 30.6 Å². The number of fused-ring (bicyclic) bond motifs is 2. The summed E-state index contributed by atoms with van der Waals surface area (Å²) in [5.41, 5.74) is 2.97. The Balaban J connectivity index is 1.49. The molecular weight excluding hydrogens is 424 g/mol. The summed E-state index contributed by atoms with van der Waals surface area (Å²) in [6.07, 6.45) is 5.14. The average molecular weight is 453 g/mol. The van der Waals surface area contributed by atoms with E-state index in [2.05, 4.69) is 29.9 Å². The zero-order valence-electron chi connectivity index (χ0n) is 18.9. The third-order valence-corrected chi connectivity index (χ3v) is 6.95. The van der Waals surface area contributed by atoms with Crippen LogP contribution in [-0.4, -0.2) is 44.4 Å². The molecule has 0 bridgehead atoms. The summed E-state index contributed by atoms with van der Waals surface area (Å²) in [7, 11) is 0. The first-order valence-corrected chi connectivity index (χ1v) is 11.7. The number of rotatable bonds is 4. The van der Waals surface area contributed by atoms with Gasteiger partial charge in [-0.3, -0.25) is 9.48 Å². The molecule has 1 aromatic carbocycles. The molecule has 0 atom stereocenters. The Morgan fingerprint density at radius 3 is 2.84 bits per heavy atom. The Morgan fingerprint density at radius 2 is 2.06 bits per heavy atom. The third kappa shape index (κ3) is 4.04. The van der Waals surface area contributed by atoms with Gasteiger partial charge in [-0.05, 0) is 43.4 Å². The minimum Gasteiger partial charge on any atom is -0.490 e. The Morgan fingerprint density at radius 1 is 1.25 bits per heavy atom. The third-order valence-electron chi connectivity index (χ3n) is 5.79. The van der Waals surface area contributed by atoms with E-state index in [4.69, 9.17) is 9.72 Å². The highest BCUT2D eigenvalue weighted by atomic mass is 32.1. The van der Waals surface area contributed by atoms with Crippen LogP contribution in [0.2, 0.25) is 0 Å². The number of aliphatic hydroxyl groups is 1. The van der Waals surface area contributed by atoms with Crippen molar-refractivity contribution in [2.75, 3.05) is 18.1 Å². The van der Waals surface area contributed by atoms with Crippen molar-refractivity contribution in [3.63, 3.8) is 0 Å². The number of nitrogens with zero attached hydrogens (tertiary/aromatic N) is 4. The lowest BCUT2D eigenvalue weighted by molar-refractivity contribution is 0.0577. The van der Waals surface area contributed by atoms with E-state index in [9.17, 15) is 9.90 Å². The molecule has 1 aliphatic heterocycles.